The number of rotatable bonds is 3. The number of nitrogens with zero attached hydrogens (tertiary/aromatic N) is 1. The molecule has 1 aliphatic rings. The topological polar surface area (TPSA) is 49.4 Å². The molecule has 1 aliphatic heterocycles. The predicted octanol–water partition coefficient (Wildman–Crippen LogP) is 1.16. The molecule has 1 fully saturated rings. The fraction of sp³-hybridized carbons (Fsp3) is 0.833. The van der Waals surface area contributed by atoms with E-state index in [2.05, 4.69) is 5.32 Å². The van der Waals surface area contributed by atoms with E-state index in [4.69, 9.17) is 0 Å². The van der Waals surface area contributed by atoms with Crippen LogP contribution < -0.4 is 5.32 Å². The summed E-state index contributed by atoms with van der Waals surface area (Å²) in [5.74, 6) is -0.234. The maximum Gasteiger partial charge on any atom is 0.237 e. The van der Waals surface area contributed by atoms with Gasteiger partial charge in [-0.15, -0.1) is 0 Å². The van der Waals surface area contributed by atoms with Gasteiger partial charge >= 0.3 is 0 Å². The van der Waals surface area contributed by atoms with Crippen molar-refractivity contribution in [1.82, 2.24) is 10.2 Å². The molecule has 0 radical (unpaired) electrons. The van der Waals surface area contributed by atoms with Crippen LogP contribution in [0.25, 0.3) is 0 Å². The lowest BCUT2D eigenvalue weighted by molar-refractivity contribution is -0.147. The fourth-order valence-corrected chi connectivity index (χ4v) is 1.86. The van der Waals surface area contributed by atoms with Gasteiger partial charge in [-0.25, -0.2) is 0 Å². The van der Waals surface area contributed by atoms with E-state index in [0.29, 0.717) is 0 Å². The van der Waals surface area contributed by atoms with Crippen molar-refractivity contribution in [3.8, 4) is 0 Å². The van der Waals surface area contributed by atoms with E-state index >= 15 is 0 Å². The van der Waals surface area contributed by atoms with Gasteiger partial charge in [0.25, 0.3) is 0 Å². The second-order valence-electron chi connectivity index (χ2n) is 5.25. The van der Waals surface area contributed by atoms with E-state index in [1.165, 1.54) is 0 Å². The zero-order valence-electron chi connectivity index (χ0n) is 10.7. The molecule has 92 valence electrons. The Labute approximate surface area is 97.4 Å². The standard InChI is InChI=1S/C12H22N2O2/c1-9(2)13-10(15)12(3,4)11(16)14-7-5-6-8-14/h9H,5-8H2,1-4H3,(H,13,15). The van der Waals surface area contributed by atoms with Crippen molar-refractivity contribution < 1.29 is 9.59 Å². The lowest BCUT2D eigenvalue weighted by atomic mass is 9.90. The SMILES string of the molecule is CC(C)NC(=O)C(C)(C)C(=O)N1CCCC1. The summed E-state index contributed by atoms with van der Waals surface area (Å²) >= 11 is 0. The molecule has 4 nitrogen and oxygen atoms in total. The van der Waals surface area contributed by atoms with Gasteiger partial charge in [0.1, 0.15) is 5.41 Å². The second kappa shape index (κ2) is 4.85. The van der Waals surface area contributed by atoms with Gasteiger partial charge in [-0.1, -0.05) is 0 Å². The van der Waals surface area contributed by atoms with Crippen LogP contribution >= 0.6 is 0 Å². The molecule has 0 aromatic carbocycles. The molecular formula is C12H22N2O2. The molecule has 0 atom stereocenters. The van der Waals surface area contributed by atoms with Gasteiger partial charge in [0.05, 0.1) is 0 Å². The van der Waals surface area contributed by atoms with Crippen molar-refractivity contribution in [3.05, 3.63) is 0 Å². The van der Waals surface area contributed by atoms with Crippen molar-refractivity contribution in [2.75, 3.05) is 13.1 Å². The Morgan fingerprint density at radius 1 is 1.19 bits per heavy atom. The highest BCUT2D eigenvalue weighted by atomic mass is 16.2. The third-order valence-electron chi connectivity index (χ3n) is 2.92. The number of nitrogens with one attached hydrogen (secondary N) is 1. The van der Waals surface area contributed by atoms with Crippen LogP contribution in [-0.2, 0) is 9.59 Å². The molecule has 2 amide bonds. The monoisotopic (exact) mass is 226 g/mol. The number of carbonyl (C=O) groups excluding carboxylic acids is 2. The van der Waals surface area contributed by atoms with Gasteiger partial charge in [0.15, 0.2) is 0 Å². The van der Waals surface area contributed by atoms with Crippen molar-refractivity contribution in [2.24, 2.45) is 5.41 Å². The van der Waals surface area contributed by atoms with Crippen molar-refractivity contribution in [2.45, 2.75) is 46.6 Å². The highest BCUT2D eigenvalue weighted by molar-refractivity contribution is 6.04. The Kier molecular flexibility index (Phi) is 3.94. The summed E-state index contributed by atoms with van der Waals surface area (Å²) in [7, 11) is 0. The first-order valence-electron chi connectivity index (χ1n) is 5.96. The van der Waals surface area contributed by atoms with Gasteiger partial charge in [-0.05, 0) is 40.5 Å². The van der Waals surface area contributed by atoms with Gasteiger partial charge in [-0.3, -0.25) is 9.59 Å². The minimum atomic E-state index is -0.950. The normalized spacial score (nSPS) is 16.7. The maximum absolute atomic E-state index is 12.2. The van der Waals surface area contributed by atoms with Gasteiger partial charge in [-0.2, -0.15) is 0 Å². The highest BCUT2D eigenvalue weighted by Crippen LogP contribution is 2.22. The minimum absolute atomic E-state index is 0.0526. The summed E-state index contributed by atoms with van der Waals surface area (Å²) in [4.78, 5) is 25.9. The van der Waals surface area contributed by atoms with Crippen LogP contribution in [0.15, 0.2) is 0 Å². The van der Waals surface area contributed by atoms with Gasteiger partial charge < -0.3 is 10.2 Å². The fourth-order valence-electron chi connectivity index (χ4n) is 1.86. The molecule has 0 bridgehead atoms. The molecule has 1 saturated heterocycles. The summed E-state index contributed by atoms with van der Waals surface area (Å²) in [5, 5.41) is 2.80. The number of amides is 2. The highest BCUT2D eigenvalue weighted by Gasteiger charge is 2.39. The summed E-state index contributed by atoms with van der Waals surface area (Å²) < 4.78 is 0. The molecule has 16 heavy (non-hydrogen) atoms. The number of likely N-dealkylation sites (tertiary alicyclic amines) is 1. The molecule has 0 unspecified atom stereocenters. The van der Waals surface area contributed by atoms with E-state index in [0.717, 1.165) is 25.9 Å². The number of carbonyl (C=O) groups is 2. The van der Waals surface area contributed by atoms with E-state index in [1.54, 1.807) is 18.7 Å². The number of hydrogen-bond acceptors (Lipinski definition) is 2. The van der Waals surface area contributed by atoms with E-state index in [-0.39, 0.29) is 17.9 Å². The summed E-state index contributed by atoms with van der Waals surface area (Å²) in [5.41, 5.74) is -0.950. The van der Waals surface area contributed by atoms with Crippen molar-refractivity contribution >= 4 is 11.8 Å². The third kappa shape index (κ3) is 2.74. The zero-order valence-corrected chi connectivity index (χ0v) is 10.7. The van der Waals surface area contributed by atoms with Gasteiger partial charge in [0.2, 0.25) is 11.8 Å². The molecule has 1 heterocycles. The molecule has 1 N–H and O–H groups in total. The van der Waals surface area contributed by atoms with Crippen molar-refractivity contribution in [3.63, 3.8) is 0 Å². The van der Waals surface area contributed by atoms with Crippen LogP contribution in [-0.4, -0.2) is 35.8 Å². The molecule has 4 heteroatoms. The maximum atomic E-state index is 12.2. The van der Waals surface area contributed by atoms with E-state index in [1.807, 2.05) is 13.8 Å². The minimum Gasteiger partial charge on any atom is -0.353 e. The van der Waals surface area contributed by atoms with E-state index in [9.17, 15) is 9.59 Å². The van der Waals surface area contributed by atoms with E-state index < -0.39 is 5.41 Å². The molecule has 0 spiro atoms. The first-order valence-corrected chi connectivity index (χ1v) is 5.96. The van der Waals surface area contributed by atoms with Crippen LogP contribution in [0.5, 0.6) is 0 Å². The predicted molar refractivity (Wildman–Crippen MR) is 62.9 cm³/mol. The van der Waals surface area contributed by atoms with Crippen LogP contribution in [0.1, 0.15) is 40.5 Å². The van der Waals surface area contributed by atoms with Crippen LogP contribution in [0.2, 0.25) is 0 Å². The summed E-state index contributed by atoms with van der Waals surface area (Å²) in [6.07, 6.45) is 2.10. The second-order valence-corrected chi connectivity index (χ2v) is 5.25. The number of hydrogen-bond donors (Lipinski definition) is 1. The average Bonchev–Trinajstić information content (AvgIpc) is 2.67. The van der Waals surface area contributed by atoms with Crippen LogP contribution in [0, 0.1) is 5.41 Å². The molecular weight excluding hydrogens is 204 g/mol. The quantitative estimate of drug-likeness (QED) is 0.734. The van der Waals surface area contributed by atoms with Gasteiger partial charge in [0, 0.05) is 19.1 Å². The van der Waals surface area contributed by atoms with Crippen LogP contribution in [0.3, 0.4) is 0 Å². The van der Waals surface area contributed by atoms with Crippen molar-refractivity contribution in [1.29, 1.82) is 0 Å². The molecule has 0 aromatic rings. The third-order valence-corrected chi connectivity index (χ3v) is 2.92. The Hall–Kier alpha value is -1.06. The van der Waals surface area contributed by atoms with Crippen LogP contribution in [0.4, 0.5) is 0 Å². The Bertz CT molecular complexity index is 279. The average molecular weight is 226 g/mol. The molecule has 1 rings (SSSR count). The Morgan fingerprint density at radius 3 is 2.12 bits per heavy atom. The Morgan fingerprint density at radius 2 is 1.69 bits per heavy atom. The largest absolute Gasteiger partial charge is 0.353 e. The molecule has 0 aromatic heterocycles. The first-order chi connectivity index (χ1) is 7.35. The molecule has 0 aliphatic carbocycles. The molecule has 0 saturated carbocycles. The lowest BCUT2D eigenvalue weighted by Crippen LogP contribution is -2.50. The first kappa shape index (κ1) is 13.0. The zero-order chi connectivity index (χ0) is 12.3. The summed E-state index contributed by atoms with van der Waals surface area (Å²) in [6.45, 7) is 8.77. The summed E-state index contributed by atoms with van der Waals surface area (Å²) in [6, 6.07) is 0.0677. The smallest absolute Gasteiger partial charge is 0.237 e. The Balaban J connectivity index is 2.67. The lowest BCUT2D eigenvalue weighted by Gasteiger charge is -2.28.